The number of methoxy groups -OCH3 is 1. The molecule has 0 aromatic heterocycles. The molecule has 1 aliphatic heterocycles. The second kappa shape index (κ2) is 8.49. The number of carbonyl (C=O) groups is 1. The Morgan fingerprint density at radius 2 is 1.88 bits per heavy atom. The monoisotopic (exact) mass is 334 g/mol. The summed E-state index contributed by atoms with van der Waals surface area (Å²) >= 11 is 0. The smallest absolute Gasteiger partial charge is 0.410 e. The highest BCUT2D eigenvalue weighted by Gasteiger charge is 2.28. The van der Waals surface area contributed by atoms with Crippen molar-refractivity contribution in [1.82, 2.24) is 10.2 Å². The molecular formula is C19H30N2O3. The van der Waals surface area contributed by atoms with Crippen molar-refractivity contribution < 1.29 is 14.3 Å². The van der Waals surface area contributed by atoms with Gasteiger partial charge in [-0.05, 0) is 39.2 Å². The normalized spacial score (nSPS) is 17.6. The molecule has 1 saturated heterocycles. The zero-order valence-electron chi connectivity index (χ0n) is 15.2. The van der Waals surface area contributed by atoms with Gasteiger partial charge in [0.25, 0.3) is 0 Å². The van der Waals surface area contributed by atoms with Gasteiger partial charge in [0, 0.05) is 26.2 Å². The Morgan fingerprint density at radius 1 is 1.25 bits per heavy atom. The predicted molar refractivity (Wildman–Crippen MR) is 95.0 cm³/mol. The highest BCUT2D eigenvalue weighted by Crippen LogP contribution is 2.19. The van der Waals surface area contributed by atoms with Crippen molar-refractivity contribution in [1.29, 1.82) is 0 Å². The molecule has 5 heteroatoms. The summed E-state index contributed by atoms with van der Waals surface area (Å²) in [6, 6.07) is 10.9. The van der Waals surface area contributed by atoms with Crippen molar-refractivity contribution in [3.63, 3.8) is 0 Å². The van der Waals surface area contributed by atoms with Crippen molar-refractivity contribution >= 4 is 6.09 Å². The van der Waals surface area contributed by atoms with Crippen LogP contribution in [0.4, 0.5) is 4.79 Å². The third-order valence-corrected chi connectivity index (χ3v) is 4.12. The zero-order valence-corrected chi connectivity index (χ0v) is 15.2. The minimum Gasteiger partial charge on any atom is -0.444 e. The van der Waals surface area contributed by atoms with Crippen LogP contribution in [0.25, 0.3) is 0 Å². The molecule has 1 heterocycles. The standard InChI is InChI=1S/C19H30N2O3/c1-19(2,3)24-18(22)21-12-10-16(11-13-21)20-17(14-23-4)15-8-6-5-7-9-15/h5-9,16-17,20H,10-14H2,1-4H3. The van der Waals surface area contributed by atoms with E-state index in [1.807, 2.05) is 39.0 Å². The number of rotatable bonds is 5. The van der Waals surface area contributed by atoms with E-state index in [1.165, 1.54) is 5.56 Å². The Hall–Kier alpha value is -1.59. The molecule has 1 N–H and O–H groups in total. The maximum atomic E-state index is 12.1. The SMILES string of the molecule is COCC(NC1CCN(C(=O)OC(C)(C)C)CC1)c1ccccc1. The third-order valence-electron chi connectivity index (χ3n) is 4.12. The van der Waals surface area contributed by atoms with E-state index in [4.69, 9.17) is 9.47 Å². The maximum absolute atomic E-state index is 12.1. The lowest BCUT2D eigenvalue weighted by Gasteiger charge is -2.35. The Labute approximate surface area is 145 Å². The van der Waals surface area contributed by atoms with Crippen LogP contribution < -0.4 is 5.32 Å². The first-order valence-electron chi connectivity index (χ1n) is 8.67. The van der Waals surface area contributed by atoms with Crippen molar-refractivity contribution in [3.8, 4) is 0 Å². The first-order chi connectivity index (χ1) is 11.4. The molecular weight excluding hydrogens is 304 g/mol. The highest BCUT2D eigenvalue weighted by molar-refractivity contribution is 5.68. The number of amides is 1. The lowest BCUT2D eigenvalue weighted by Crippen LogP contribution is -2.47. The number of ether oxygens (including phenoxy) is 2. The van der Waals surface area contributed by atoms with Crippen LogP contribution >= 0.6 is 0 Å². The van der Waals surface area contributed by atoms with E-state index >= 15 is 0 Å². The van der Waals surface area contributed by atoms with Gasteiger partial charge in [-0.25, -0.2) is 4.79 Å². The fraction of sp³-hybridized carbons (Fsp3) is 0.632. The maximum Gasteiger partial charge on any atom is 0.410 e. The van der Waals surface area contributed by atoms with Crippen molar-refractivity contribution in [2.24, 2.45) is 0 Å². The Morgan fingerprint density at radius 3 is 2.42 bits per heavy atom. The fourth-order valence-corrected chi connectivity index (χ4v) is 2.93. The van der Waals surface area contributed by atoms with Gasteiger partial charge in [-0.2, -0.15) is 0 Å². The van der Waals surface area contributed by atoms with Gasteiger partial charge in [-0.15, -0.1) is 0 Å². The van der Waals surface area contributed by atoms with Crippen LogP contribution in [0, 0.1) is 0 Å². The Kier molecular flexibility index (Phi) is 6.63. The molecule has 134 valence electrons. The van der Waals surface area contributed by atoms with Crippen molar-refractivity contribution in [2.75, 3.05) is 26.8 Å². The van der Waals surface area contributed by atoms with Crippen LogP contribution in [0.3, 0.4) is 0 Å². The van der Waals surface area contributed by atoms with Gasteiger partial charge >= 0.3 is 6.09 Å². The molecule has 24 heavy (non-hydrogen) atoms. The second-order valence-electron chi connectivity index (χ2n) is 7.33. The van der Waals surface area contributed by atoms with E-state index in [9.17, 15) is 4.79 Å². The molecule has 1 unspecified atom stereocenters. The third kappa shape index (κ3) is 5.80. The average molecular weight is 334 g/mol. The number of likely N-dealkylation sites (tertiary alicyclic amines) is 1. The predicted octanol–water partition coefficient (Wildman–Crippen LogP) is 3.36. The molecule has 1 atom stereocenters. The topological polar surface area (TPSA) is 50.8 Å². The van der Waals surface area contributed by atoms with Crippen LogP contribution in [-0.4, -0.2) is 49.4 Å². The number of carbonyl (C=O) groups excluding carboxylic acids is 1. The average Bonchev–Trinajstić information content (AvgIpc) is 2.54. The van der Waals surface area contributed by atoms with Crippen LogP contribution in [0.1, 0.15) is 45.2 Å². The molecule has 0 aliphatic carbocycles. The quantitative estimate of drug-likeness (QED) is 0.897. The molecule has 0 radical (unpaired) electrons. The van der Waals surface area contributed by atoms with E-state index in [-0.39, 0.29) is 12.1 Å². The van der Waals surface area contributed by atoms with E-state index in [1.54, 1.807) is 12.0 Å². The number of hydrogen-bond donors (Lipinski definition) is 1. The van der Waals surface area contributed by atoms with Crippen LogP contribution in [-0.2, 0) is 9.47 Å². The van der Waals surface area contributed by atoms with Crippen LogP contribution in [0.15, 0.2) is 30.3 Å². The van der Waals surface area contributed by atoms with Crippen LogP contribution in [0.5, 0.6) is 0 Å². The van der Waals surface area contributed by atoms with E-state index in [2.05, 4.69) is 17.4 Å². The summed E-state index contributed by atoms with van der Waals surface area (Å²) in [6.45, 7) is 7.77. The minimum absolute atomic E-state index is 0.175. The van der Waals surface area contributed by atoms with Gasteiger partial charge in [-0.1, -0.05) is 30.3 Å². The molecule has 0 saturated carbocycles. The number of piperidine rings is 1. The highest BCUT2D eigenvalue weighted by atomic mass is 16.6. The van der Waals surface area contributed by atoms with Crippen molar-refractivity contribution in [2.45, 2.75) is 51.3 Å². The summed E-state index contributed by atoms with van der Waals surface area (Å²) in [5.74, 6) is 0. The number of nitrogens with one attached hydrogen (secondary N) is 1. The van der Waals surface area contributed by atoms with E-state index in [0.717, 1.165) is 25.9 Å². The number of nitrogens with zero attached hydrogens (tertiary/aromatic N) is 1. The summed E-state index contributed by atoms with van der Waals surface area (Å²) < 4.78 is 10.8. The van der Waals surface area contributed by atoms with Gasteiger partial charge in [0.05, 0.1) is 12.6 Å². The summed E-state index contributed by atoms with van der Waals surface area (Å²) in [7, 11) is 1.72. The fourth-order valence-electron chi connectivity index (χ4n) is 2.93. The molecule has 1 aliphatic rings. The Balaban J connectivity index is 1.86. The first-order valence-corrected chi connectivity index (χ1v) is 8.67. The molecule has 1 aromatic carbocycles. The molecule has 1 aromatic rings. The number of hydrogen-bond acceptors (Lipinski definition) is 4. The lowest BCUT2D eigenvalue weighted by atomic mass is 10.0. The Bertz CT molecular complexity index is 505. The second-order valence-corrected chi connectivity index (χ2v) is 7.33. The molecule has 0 spiro atoms. The zero-order chi connectivity index (χ0) is 17.6. The molecule has 0 bridgehead atoms. The summed E-state index contributed by atoms with van der Waals surface area (Å²) in [5, 5.41) is 3.68. The van der Waals surface area contributed by atoms with Crippen molar-refractivity contribution in [3.05, 3.63) is 35.9 Å². The molecule has 1 fully saturated rings. The van der Waals surface area contributed by atoms with E-state index < -0.39 is 5.60 Å². The molecule has 2 rings (SSSR count). The van der Waals surface area contributed by atoms with Gasteiger partial charge in [0.2, 0.25) is 0 Å². The summed E-state index contributed by atoms with van der Waals surface area (Å²) in [4.78, 5) is 13.9. The van der Waals surface area contributed by atoms with Gasteiger partial charge in [0.1, 0.15) is 5.60 Å². The summed E-state index contributed by atoms with van der Waals surface area (Å²) in [5.41, 5.74) is 0.789. The van der Waals surface area contributed by atoms with Gasteiger partial charge < -0.3 is 19.7 Å². The summed E-state index contributed by atoms with van der Waals surface area (Å²) in [6.07, 6.45) is 1.64. The van der Waals surface area contributed by atoms with Crippen LogP contribution in [0.2, 0.25) is 0 Å². The lowest BCUT2D eigenvalue weighted by molar-refractivity contribution is 0.0192. The van der Waals surface area contributed by atoms with Gasteiger partial charge in [-0.3, -0.25) is 0 Å². The number of benzene rings is 1. The molecule has 1 amide bonds. The first kappa shape index (κ1) is 18.7. The van der Waals surface area contributed by atoms with Gasteiger partial charge in [0.15, 0.2) is 0 Å². The molecule has 5 nitrogen and oxygen atoms in total. The minimum atomic E-state index is -0.441. The van der Waals surface area contributed by atoms with E-state index in [0.29, 0.717) is 12.6 Å². The largest absolute Gasteiger partial charge is 0.444 e.